The normalized spacial score (nSPS) is 13.8. The van der Waals surface area contributed by atoms with Crippen molar-refractivity contribution >= 4 is 11.8 Å². The van der Waals surface area contributed by atoms with Gasteiger partial charge in [0.1, 0.15) is 5.57 Å². The Morgan fingerprint density at radius 1 is 1.20 bits per heavy atom. The van der Waals surface area contributed by atoms with Gasteiger partial charge in [-0.3, -0.25) is 4.79 Å². The first-order valence-corrected chi connectivity index (χ1v) is 6.06. The molecule has 0 fully saturated rings. The number of ketones is 1. The summed E-state index contributed by atoms with van der Waals surface area (Å²) in [5, 5.41) is 0. The number of rotatable bonds is 7. The van der Waals surface area contributed by atoms with E-state index in [1.807, 2.05) is 0 Å². The van der Waals surface area contributed by atoms with E-state index in [0.717, 1.165) is 6.20 Å². The van der Waals surface area contributed by atoms with Crippen LogP contribution < -0.4 is 0 Å². The van der Waals surface area contributed by atoms with Crippen LogP contribution >= 0.6 is 0 Å². The second-order valence-electron chi connectivity index (χ2n) is 3.75. The number of carbonyl (C=O) groups excluding carboxylic acids is 2. The molecule has 0 aromatic rings. The van der Waals surface area contributed by atoms with Crippen molar-refractivity contribution in [3.8, 4) is 0 Å². The monoisotopic (exact) mass is 299 g/mol. The number of halogens is 4. The lowest BCUT2D eigenvalue weighted by Crippen LogP contribution is -2.36. The van der Waals surface area contributed by atoms with Crippen molar-refractivity contribution in [1.29, 1.82) is 0 Å². The minimum Gasteiger partial charge on any atom is -0.462 e. The minimum absolute atomic E-state index is 0.134. The molecular weight excluding hydrogens is 282 g/mol. The number of hydrogen-bond donors (Lipinski definition) is 0. The van der Waals surface area contributed by atoms with Gasteiger partial charge in [0.05, 0.1) is 6.61 Å². The van der Waals surface area contributed by atoms with Crippen LogP contribution in [0.2, 0.25) is 0 Å². The molecule has 0 aliphatic heterocycles. The molecule has 116 valence electrons. The fraction of sp³-hybridized carbons (Fsp3) is 0.667. The van der Waals surface area contributed by atoms with Crippen molar-refractivity contribution in [2.45, 2.75) is 33.1 Å². The Morgan fingerprint density at radius 2 is 1.70 bits per heavy atom. The Bertz CT molecular complexity index is 375. The summed E-state index contributed by atoms with van der Waals surface area (Å²) in [6.45, 7) is 5.32. The number of nitrogens with zero attached hydrogens (tertiary/aromatic N) is 1. The quantitative estimate of drug-likeness (QED) is 0.238. The molecule has 0 aromatic carbocycles. The summed E-state index contributed by atoms with van der Waals surface area (Å²) in [4.78, 5) is 24.4. The van der Waals surface area contributed by atoms with Gasteiger partial charge in [-0.2, -0.15) is 13.2 Å². The van der Waals surface area contributed by atoms with Crippen LogP contribution in [-0.2, 0) is 14.3 Å². The zero-order valence-corrected chi connectivity index (χ0v) is 11.5. The molecule has 4 nitrogen and oxygen atoms in total. The van der Waals surface area contributed by atoms with E-state index in [1.54, 1.807) is 13.8 Å². The zero-order valence-electron chi connectivity index (χ0n) is 11.5. The summed E-state index contributed by atoms with van der Waals surface area (Å²) in [6, 6.07) is 0. The van der Waals surface area contributed by atoms with Crippen molar-refractivity contribution in [2.24, 2.45) is 0 Å². The molecule has 0 aliphatic rings. The van der Waals surface area contributed by atoms with Gasteiger partial charge < -0.3 is 9.64 Å². The first-order chi connectivity index (χ1) is 9.18. The maximum Gasteiger partial charge on any atom is 0.427 e. The maximum absolute atomic E-state index is 13.1. The molecule has 8 heteroatoms. The van der Waals surface area contributed by atoms with E-state index < -0.39 is 29.7 Å². The Kier molecular flexibility index (Phi) is 7.23. The highest BCUT2D eigenvalue weighted by atomic mass is 19.4. The van der Waals surface area contributed by atoms with Crippen LogP contribution in [0, 0.1) is 0 Å². The van der Waals surface area contributed by atoms with Gasteiger partial charge in [0.2, 0.25) is 5.78 Å². The standard InChI is InChI=1S/C12H17F4NO3/c1-4-17(5-2)7-8(11(19)20-6-3)9(18)10(13)12(14,15)16/h7,10H,4-6H2,1-3H3. The van der Waals surface area contributed by atoms with E-state index in [2.05, 4.69) is 4.74 Å². The highest BCUT2D eigenvalue weighted by molar-refractivity contribution is 6.19. The van der Waals surface area contributed by atoms with Gasteiger partial charge in [-0.05, 0) is 20.8 Å². The van der Waals surface area contributed by atoms with Crippen LogP contribution in [0.5, 0.6) is 0 Å². The second kappa shape index (κ2) is 7.86. The molecule has 0 heterocycles. The summed E-state index contributed by atoms with van der Waals surface area (Å²) < 4.78 is 54.2. The van der Waals surface area contributed by atoms with Gasteiger partial charge in [-0.25, -0.2) is 9.18 Å². The Morgan fingerprint density at radius 3 is 2.05 bits per heavy atom. The fourth-order valence-electron chi connectivity index (χ4n) is 1.30. The molecule has 0 amide bonds. The van der Waals surface area contributed by atoms with E-state index in [9.17, 15) is 27.2 Å². The zero-order chi connectivity index (χ0) is 15.9. The van der Waals surface area contributed by atoms with E-state index in [4.69, 9.17) is 0 Å². The Balaban J connectivity index is 5.43. The maximum atomic E-state index is 13.1. The van der Waals surface area contributed by atoms with Crippen molar-refractivity contribution in [3.63, 3.8) is 0 Å². The van der Waals surface area contributed by atoms with Crippen molar-refractivity contribution in [2.75, 3.05) is 19.7 Å². The largest absolute Gasteiger partial charge is 0.462 e. The molecule has 0 bridgehead atoms. The van der Waals surface area contributed by atoms with Crippen molar-refractivity contribution in [1.82, 2.24) is 4.90 Å². The smallest absolute Gasteiger partial charge is 0.427 e. The first-order valence-electron chi connectivity index (χ1n) is 6.06. The molecule has 0 saturated carbocycles. The van der Waals surface area contributed by atoms with E-state index in [1.165, 1.54) is 11.8 Å². The molecule has 0 spiro atoms. The van der Waals surface area contributed by atoms with Gasteiger partial charge in [-0.1, -0.05) is 0 Å². The topological polar surface area (TPSA) is 46.6 Å². The lowest BCUT2D eigenvalue weighted by atomic mass is 10.1. The molecule has 1 atom stereocenters. The Hall–Kier alpha value is -1.60. The number of ether oxygens (including phenoxy) is 1. The molecule has 20 heavy (non-hydrogen) atoms. The molecule has 0 rings (SSSR count). The van der Waals surface area contributed by atoms with Gasteiger partial charge in [0.25, 0.3) is 6.17 Å². The van der Waals surface area contributed by atoms with Crippen molar-refractivity contribution < 1.29 is 31.9 Å². The fourth-order valence-corrected chi connectivity index (χ4v) is 1.30. The molecule has 0 radical (unpaired) electrons. The van der Waals surface area contributed by atoms with Crippen molar-refractivity contribution in [3.05, 3.63) is 11.8 Å². The number of Topliss-reactive ketones (excluding diaryl/α,β-unsaturated/α-hetero) is 1. The lowest BCUT2D eigenvalue weighted by Gasteiger charge is -2.18. The average Bonchev–Trinajstić information content (AvgIpc) is 2.37. The van der Waals surface area contributed by atoms with Gasteiger partial charge in [0, 0.05) is 19.3 Å². The summed E-state index contributed by atoms with van der Waals surface area (Å²) in [6.07, 6.45) is -8.20. The van der Waals surface area contributed by atoms with E-state index in [-0.39, 0.29) is 6.61 Å². The number of carbonyl (C=O) groups is 2. The second-order valence-corrected chi connectivity index (χ2v) is 3.75. The lowest BCUT2D eigenvalue weighted by molar-refractivity contribution is -0.183. The summed E-state index contributed by atoms with van der Waals surface area (Å²) in [5.41, 5.74) is -0.944. The number of esters is 1. The summed E-state index contributed by atoms with van der Waals surface area (Å²) in [5.74, 6) is -3.21. The van der Waals surface area contributed by atoms with E-state index >= 15 is 0 Å². The third-order valence-corrected chi connectivity index (χ3v) is 2.40. The highest BCUT2D eigenvalue weighted by Gasteiger charge is 2.47. The van der Waals surface area contributed by atoms with Crippen LogP contribution in [-0.4, -0.2) is 48.7 Å². The average molecular weight is 299 g/mol. The minimum atomic E-state index is -5.36. The third-order valence-electron chi connectivity index (χ3n) is 2.40. The van der Waals surface area contributed by atoms with Crippen LogP contribution in [0.4, 0.5) is 17.6 Å². The molecule has 0 saturated heterocycles. The molecular formula is C12H17F4NO3. The van der Waals surface area contributed by atoms with E-state index in [0.29, 0.717) is 13.1 Å². The molecule has 0 N–H and O–H groups in total. The SMILES string of the molecule is CCOC(=O)C(=CN(CC)CC)C(=O)C(F)C(F)(F)F. The summed E-state index contributed by atoms with van der Waals surface area (Å²) in [7, 11) is 0. The van der Waals surface area contributed by atoms with Crippen LogP contribution in [0.3, 0.4) is 0 Å². The van der Waals surface area contributed by atoms with Gasteiger partial charge in [-0.15, -0.1) is 0 Å². The first kappa shape index (κ1) is 18.4. The predicted molar refractivity (Wildman–Crippen MR) is 63.6 cm³/mol. The Labute approximate surface area is 114 Å². The predicted octanol–water partition coefficient (Wildman–Crippen LogP) is 2.24. The van der Waals surface area contributed by atoms with Crippen LogP contribution in [0.1, 0.15) is 20.8 Å². The van der Waals surface area contributed by atoms with Crippen LogP contribution in [0.15, 0.2) is 11.8 Å². The third kappa shape index (κ3) is 5.18. The summed E-state index contributed by atoms with van der Waals surface area (Å²) >= 11 is 0. The number of alkyl halides is 4. The van der Waals surface area contributed by atoms with Crippen LogP contribution in [0.25, 0.3) is 0 Å². The molecule has 0 aliphatic carbocycles. The van der Waals surface area contributed by atoms with Gasteiger partial charge in [0.15, 0.2) is 0 Å². The molecule has 0 aromatic heterocycles. The number of hydrogen-bond acceptors (Lipinski definition) is 4. The highest BCUT2D eigenvalue weighted by Crippen LogP contribution is 2.26. The molecule has 1 unspecified atom stereocenters. The van der Waals surface area contributed by atoms with Gasteiger partial charge >= 0.3 is 12.1 Å².